The first-order valence-corrected chi connectivity index (χ1v) is 18.5. The second kappa shape index (κ2) is 12.6. The molecule has 11 aromatic rings. The number of hydrogen-bond acceptors (Lipinski definition) is 4. The fraction of sp³-hybridized carbons (Fsp3) is 0. The molecule has 0 fully saturated rings. The van der Waals surface area contributed by atoms with Crippen molar-refractivity contribution >= 4 is 54.5 Å². The van der Waals surface area contributed by atoms with E-state index in [1.54, 1.807) is 0 Å². The van der Waals surface area contributed by atoms with Gasteiger partial charge in [-0.1, -0.05) is 158 Å². The molecule has 0 unspecified atom stereocenters. The van der Waals surface area contributed by atoms with Gasteiger partial charge < -0.3 is 4.42 Å². The lowest BCUT2D eigenvalue weighted by Crippen LogP contribution is -1.95. The first-order chi connectivity index (χ1) is 27.3. The smallest absolute Gasteiger partial charge is 0.160 e. The third-order valence-electron chi connectivity index (χ3n) is 10.7. The van der Waals surface area contributed by atoms with Crippen molar-refractivity contribution in [3.63, 3.8) is 0 Å². The highest BCUT2D eigenvalue weighted by Gasteiger charge is 2.22. The van der Waals surface area contributed by atoms with Gasteiger partial charge in [0.05, 0.1) is 22.4 Å². The Balaban J connectivity index is 1.07. The molecule has 0 N–H and O–H groups in total. The molecule has 55 heavy (non-hydrogen) atoms. The number of rotatable bonds is 5. The maximum absolute atomic E-state index is 6.58. The van der Waals surface area contributed by atoms with E-state index in [2.05, 4.69) is 152 Å². The lowest BCUT2D eigenvalue weighted by molar-refractivity contribution is 0.669. The molecule has 3 aromatic heterocycles. The summed E-state index contributed by atoms with van der Waals surface area (Å²) in [5, 5.41) is 6.61. The third-order valence-corrected chi connectivity index (χ3v) is 10.7. The lowest BCUT2D eigenvalue weighted by atomic mass is 9.89. The highest BCUT2D eigenvalue weighted by atomic mass is 16.3. The molecule has 256 valence electrons. The first-order valence-electron chi connectivity index (χ1n) is 18.5. The van der Waals surface area contributed by atoms with Gasteiger partial charge in [0, 0.05) is 54.6 Å². The maximum atomic E-state index is 6.58. The van der Waals surface area contributed by atoms with Crippen molar-refractivity contribution in [1.82, 2.24) is 15.0 Å². The Hall–Kier alpha value is -7.43. The largest absolute Gasteiger partial charge is 0.456 e. The number of nitrogens with zero attached hydrogens (tertiary/aromatic N) is 3. The number of furan rings is 1. The van der Waals surface area contributed by atoms with Crippen LogP contribution in [0.2, 0.25) is 0 Å². The van der Waals surface area contributed by atoms with E-state index >= 15 is 0 Å². The van der Waals surface area contributed by atoms with Crippen molar-refractivity contribution in [2.75, 3.05) is 0 Å². The highest BCUT2D eigenvalue weighted by Crippen LogP contribution is 2.46. The molecular formula is C51H31N3O. The molecule has 0 aliphatic rings. The van der Waals surface area contributed by atoms with Gasteiger partial charge >= 0.3 is 0 Å². The summed E-state index contributed by atoms with van der Waals surface area (Å²) < 4.78 is 6.58. The zero-order valence-corrected chi connectivity index (χ0v) is 29.6. The molecule has 0 atom stereocenters. The van der Waals surface area contributed by atoms with Gasteiger partial charge in [0.25, 0.3) is 0 Å². The Kier molecular flexibility index (Phi) is 7.14. The predicted molar refractivity (Wildman–Crippen MR) is 227 cm³/mol. The van der Waals surface area contributed by atoms with Crippen molar-refractivity contribution < 1.29 is 4.42 Å². The molecule has 0 amide bonds. The van der Waals surface area contributed by atoms with Crippen LogP contribution in [0.15, 0.2) is 192 Å². The molecule has 0 bridgehead atoms. The summed E-state index contributed by atoms with van der Waals surface area (Å²) in [7, 11) is 0. The molecule has 8 aromatic carbocycles. The zero-order chi connectivity index (χ0) is 36.3. The van der Waals surface area contributed by atoms with Gasteiger partial charge in [-0.2, -0.15) is 0 Å². The summed E-state index contributed by atoms with van der Waals surface area (Å²) in [4.78, 5) is 15.4. The number of fused-ring (bicyclic) bond motifs is 7. The number of pyridine rings is 1. The summed E-state index contributed by atoms with van der Waals surface area (Å²) in [5.41, 5.74) is 13.0. The van der Waals surface area contributed by atoms with E-state index in [4.69, 9.17) is 19.4 Å². The summed E-state index contributed by atoms with van der Waals surface area (Å²) in [6.45, 7) is 0. The molecule has 0 saturated carbocycles. The Morgan fingerprint density at radius 1 is 0.309 bits per heavy atom. The molecule has 0 saturated heterocycles. The Morgan fingerprint density at radius 3 is 1.67 bits per heavy atom. The normalized spacial score (nSPS) is 11.6. The first kappa shape index (κ1) is 31.1. The Morgan fingerprint density at radius 2 is 0.891 bits per heavy atom. The van der Waals surface area contributed by atoms with Gasteiger partial charge in [-0.15, -0.1) is 0 Å². The zero-order valence-electron chi connectivity index (χ0n) is 29.6. The lowest BCUT2D eigenvalue weighted by Gasteiger charge is -2.16. The number of benzene rings is 8. The number of aromatic nitrogens is 3. The number of hydrogen-bond donors (Lipinski definition) is 0. The molecular weight excluding hydrogens is 671 g/mol. The second-order valence-electron chi connectivity index (χ2n) is 13.9. The van der Waals surface area contributed by atoms with Crippen LogP contribution in [-0.4, -0.2) is 15.0 Å². The fourth-order valence-corrected chi connectivity index (χ4v) is 8.11. The van der Waals surface area contributed by atoms with Crippen LogP contribution in [0.25, 0.3) is 111 Å². The second-order valence-corrected chi connectivity index (χ2v) is 13.9. The van der Waals surface area contributed by atoms with Gasteiger partial charge in [-0.05, 0) is 47.0 Å². The van der Waals surface area contributed by atoms with Crippen molar-refractivity contribution in [1.29, 1.82) is 0 Å². The van der Waals surface area contributed by atoms with Crippen LogP contribution in [0.3, 0.4) is 0 Å². The Bertz CT molecular complexity index is 3240. The third kappa shape index (κ3) is 5.19. The van der Waals surface area contributed by atoms with Gasteiger partial charge in [-0.25, -0.2) is 15.0 Å². The maximum Gasteiger partial charge on any atom is 0.160 e. The van der Waals surface area contributed by atoms with Gasteiger partial charge in [-0.3, -0.25) is 0 Å². The van der Waals surface area contributed by atoms with E-state index in [0.717, 1.165) is 99.5 Å². The van der Waals surface area contributed by atoms with E-state index in [9.17, 15) is 0 Å². The van der Waals surface area contributed by atoms with Crippen molar-refractivity contribution in [2.45, 2.75) is 0 Å². The number of para-hydroxylation sites is 3. The monoisotopic (exact) mass is 701 g/mol. The van der Waals surface area contributed by atoms with E-state index in [0.29, 0.717) is 5.82 Å². The molecule has 0 aliphatic heterocycles. The summed E-state index contributed by atoms with van der Waals surface area (Å²) in [6, 6.07) is 65.5. The van der Waals surface area contributed by atoms with Crippen LogP contribution in [0.1, 0.15) is 0 Å². The van der Waals surface area contributed by atoms with E-state index in [1.807, 2.05) is 36.4 Å². The van der Waals surface area contributed by atoms with Crippen LogP contribution in [0.4, 0.5) is 0 Å². The van der Waals surface area contributed by atoms with Crippen molar-refractivity contribution in [3.05, 3.63) is 188 Å². The standard InChI is InChI=1S/C51H31N3O/c1-3-14-33(15-4-1)46-47-38-20-7-10-23-42(38)52-50(41(47)31-45-48(46)40-22-9-12-25-44(40)55-45)37-19-13-18-36(30-37)32-26-28-35(29-27-32)51-53-43-24-11-8-21-39(43)49(54-51)34-16-5-2-6-17-34/h1-31H. The van der Waals surface area contributed by atoms with Gasteiger partial charge in [0.2, 0.25) is 0 Å². The average Bonchev–Trinajstić information content (AvgIpc) is 3.64. The quantitative estimate of drug-likeness (QED) is 0.168. The van der Waals surface area contributed by atoms with E-state index in [-0.39, 0.29) is 0 Å². The highest BCUT2D eigenvalue weighted by molar-refractivity contribution is 6.27. The predicted octanol–water partition coefficient (Wildman–Crippen LogP) is 13.6. The summed E-state index contributed by atoms with van der Waals surface area (Å²) in [5.74, 6) is 0.704. The van der Waals surface area contributed by atoms with Crippen molar-refractivity contribution in [3.8, 4) is 56.2 Å². The van der Waals surface area contributed by atoms with E-state index in [1.165, 1.54) is 5.39 Å². The molecule has 0 aliphatic carbocycles. The van der Waals surface area contributed by atoms with Crippen LogP contribution in [0, 0.1) is 0 Å². The molecule has 4 heteroatoms. The SMILES string of the molecule is c1ccc(-c2nc(-c3ccc(-c4cccc(-c5nc6ccccc6c6c(-c7ccccc7)c7c(cc56)oc5ccccc57)c4)cc3)nc3ccccc23)cc1. The fourth-order valence-electron chi connectivity index (χ4n) is 8.11. The van der Waals surface area contributed by atoms with Crippen LogP contribution >= 0.6 is 0 Å². The molecule has 4 nitrogen and oxygen atoms in total. The summed E-state index contributed by atoms with van der Waals surface area (Å²) >= 11 is 0. The van der Waals surface area contributed by atoms with Gasteiger partial charge in [0.1, 0.15) is 11.2 Å². The minimum Gasteiger partial charge on any atom is -0.456 e. The molecule has 0 radical (unpaired) electrons. The minimum atomic E-state index is 0.704. The molecule has 0 spiro atoms. The average molecular weight is 702 g/mol. The van der Waals surface area contributed by atoms with E-state index < -0.39 is 0 Å². The van der Waals surface area contributed by atoms with Crippen LogP contribution < -0.4 is 0 Å². The minimum absolute atomic E-state index is 0.704. The van der Waals surface area contributed by atoms with Gasteiger partial charge in [0.15, 0.2) is 5.82 Å². The Labute approximate surface area is 317 Å². The molecule has 11 rings (SSSR count). The van der Waals surface area contributed by atoms with Crippen LogP contribution in [-0.2, 0) is 0 Å². The summed E-state index contributed by atoms with van der Waals surface area (Å²) in [6.07, 6.45) is 0. The van der Waals surface area contributed by atoms with Crippen LogP contribution in [0.5, 0.6) is 0 Å². The van der Waals surface area contributed by atoms with Crippen molar-refractivity contribution in [2.24, 2.45) is 0 Å². The topological polar surface area (TPSA) is 51.8 Å². The molecule has 3 heterocycles.